The molecule has 2 rings (SSSR count). The highest BCUT2D eigenvalue weighted by atomic mass is 79.9. The van der Waals surface area contributed by atoms with Crippen LogP contribution in [-0.4, -0.2) is 26.2 Å². The summed E-state index contributed by atoms with van der Waals surface area (Å²) >= 11 is 3.41. The Labute approximate surface area is 126 Å². The Morgan fingerprint density at radius 3 is 2.85 bits per heavy atom. The van der Waals surface area contributed by atoms with Crippen molar-refractivity contribution in [2.45, 2.75) is 19.4 Å². The van der Waals surface area contributed by atoms with E-state index in [0.717, 1.165) is 16.6 Å². The van der Waals surface area contributed by atoms with Crippen LogP contribution in [0.25, 0.3) is 0 Å². The lowest BCUT2D eigenvalue weighted by atomic mass is 10.2. The SMILES string of the molecule is COc1cc(CN)cc(Br)c1OCC(=O)NCC1CC1. The zero-order valence-corrected chi connectivity index (χ0v) is 13.0. The van der Waals surface area contributed by atoms with Crippen molar-refractivity contribution in [3.63, 3.8) is 0 Å². The Bertz CT molecular complexity index is 490. The molecule has 1 aromatic carbocycles. The number of hydrogen-bond donors (Lipinski definition) is 2. The first-order chi connectivity index (χ1) is 9.63. The minimum Gasteiger partial charge on any atom is -0.493 e. The maximum atomic E-state index is 11.7. The van der Waals surface area contributed by atoms with Gasteiger partial charge in [-0.25, -0.2) is 0 Å². The van der Waals surface area contributed by atoms with Crippen LogP contribution in [0.2, 0.25) is 0 Å². The maximum absolute atomic E-state index is 11.7. The number of amides is 1. The lowest BCUT2D eigenvalue weighted by molar-refractivity contribution is -0.123. The Morgan fingerprint density at radius 1 is 1.50 bits per heavy atom. The molecule has 0 radical (unpaired) electrons. The zero-order chi connectivity index (χ0) is 14.5. The van der Waals surface area contributed by atoms with E-state index in [-0.39, 0.29) is 12.5 Å². The van der Waals surface area contributed by atoms with Gasteiger partial charge in [-0.15, -0.1) is 0 Å². The standard InChI is InChI=1S/C14H19BrN2O3/c1-19-12-5-10(6-16)4-11(15)14(12)20-8-13(18)17-7-9-2-3-9/h4-5,9H,2-3,6-8,16H2,1H3,(H,17,18). The van der Waals surface area contributed by atoms with Gasteiger partial charge in [0, 0.05) is 13.1 Å². The van der Waals surface area contributed by atoms with E-state index in [1.807, 2.05) is 12.1 Å². The quantitative estimate of drug-likeness (QED) is 0.792. The third-order valence-corrected chi connectivity index (χ3v) is 3.75. The fourth-order valence-corrected chi connectivity index (χ4v) is 2.40. The predicted molar refractivity (Wildman–Crippen MR) is 79.8 cm³/mol. The van der Waals surface area contributed by atoms with Crippen LogP contribution in [0.5, 0.6) is 11.5 Å². The van der Waals surface area contributed by atoms with Gasteiger partial charge in [0.25, 0.3) is 5.91 Å². The second-order valence-corrected chi connectivity index (χ2v) is 5.70. The average Bonchev–Trinajstić information content (AvgIpc) is 3.27. The molecule has 0 aliphatic heterocycles. The van der Waals surface area contributed by atoms with E-state index in [1.165, 1.54) is 12.8 Å². The van der Waals surface area contributed by atoms with Crippen molar-refractivity contribution in [3.05, 3.63) is 22.2 Å². The van der Waals surface area contributed by atoms with E-state index >= 15 is 0 Å². The molecule has 0 spiro atoms. The Kier molecular flexibility index (Phi) is 5.25. The summed E-state index contributed by atoms with van der Waals surface area (Å²) in [6.07, 6.45) is 2.42. The minimum absolute atomic E-state index is 0.0242. The van der Waals surface area contributed by atoms with Crippen LogP contribution in [-0.2, 0) is 11.3 Å². The summed E-state index contributed by atoms with van der Waals surface area (Å²) in [7, 11) is 1.56. The number of benzene rings is 1. The molecule has 0 atom stereocenters. The molecule has 0 saturated heterocycles. The summed E-state index contributed by atoms with van der Waals surface area (Å²) in [6, 6.07) is 3.67. The highest BCUT2D eigenvalue weighted by Gasteiger charge is 2.21. The fourth-order valence-electron chi connectivity index (χ4n) is 1.80. The van der Waals surface area contributed by atoms with Crippen LogP contribution in [0, 0.1) is 5.92 Å². The summed E-state index contributed by atoms with van der Waals surface area (Å²) in [5.74, 6) is 1.62. The summed E-state index contributed by atoms with van der Waals surface area (Å²) in [6.45, 7) is 1.13. The van der Waals surface area contributed by atoms with Crippen molar-refractivity contribution in [1.29, 1.82) is 0 Å². The number of carbonyl (C=O) groups excluding carboxylic acids is 1. The van der Waals surface area contributed by atoms with Gasteiger partial charge in [0.15, 0.2) is 18.1 Å². The number of halogens is 1. The predicted octanol–water partition coefficient (Wildman–Crippen LogP) is 1.82. The zero-order valence-electron chi connectivity index (χ0n) is 11.4. The monoisotopic (exact) mass is 342 g/mol. The Morgan fingerprint density at radius 2 is 2.25 bits per heavy atom. The summed E-state index contributed by atoms with van der Waals surface area (Å²) in [5, 5.41) is 2.85. The van der Waals surface area contributed by atoms with Gasteiger partial charge in [-0.05, 0) is 52.4 Å². The number of nitrogens with one attached hydrogen (secondary N) is 1. The number of hydrogen-bond acceptors (Lipinski definition) is 4. The molecular weight excluding hydrogens is 324 g/mol. The molecule has 1 aliphatic rings. The molecule has 1 aliphatic carbocycles. The van der Waals surface area contributed by atoms with Crippen LogP contribution in [0.1, 0.15) is 18.4 Å². The number of methoxy groups -OCH3 is 1. The van der Waals surface area contributed by atoms with E-state index in [1.54, 1.807) is 7.11 Å². The summed E-state index contributed by atoms with van der Waals surface area (Å²) in [5.41, 5.74) is 6.54. The first kappa shape index (κ1) is 15.1. The summed E-state index contributed by atoms with van der Waals surface area (Å²) < 4.78 is 11.5. The molecule has 0 bridgehead atoms. The van der Waals surface area contributed by atoms with Gasteiger partial charge in [-0.2, -0.15) is 0 Å². The van der Waals surface area contributed by atoms with Crippen LogP contribution < -0.4 is 20.5 Å². The largest absolute Gasteiger partial charge is 0.493 e. The van der Waals surface area contributed by atoms with Crippen molar-refractivity contribution >= 4 is 21.8 Å². The molecule has 0 heterocycles. The van der Waals surface area contributed by atoms with E-state index in [0.29, 0.717) is 24.0 Å². The molecule has 3 N–H and O–H groups in total. The van der Waals surface area contributed by atoms with Gasteiger partial charge in [0.2, 0.25) is 0 Å². The minimum atomic E-state index is -0.117. The third-order valence-electron chi connectivity index (χ3n) is 3.16. The second kappa shape index (κ2) is 6.95. The molecule has 5 nitrogen and oxygen atoms in total. The van der Waals surface area contributed by atoms with E-state index in [9.17, 15) is 4.79 Å². The van der Waals surface area contributed by atoms with Gasteiger partial charge < -0.3 is 20.5 Å². The lowest BCUT2D eigenvalue weighted by Gasteiger charge is -2.14. The van der Waals surface area contributed by atoms with Crippen molar-refractivity contribution in [2.24, 2.45) is 11.7 Å². The molecule has 110 valence electrons. The molecule has 1 saturated carbocycles. The Balaban J connectivity index is 1.95. The van der Waals surface area contributed by atoms with Crippen molar-refractivity contribution in [2.75, 3.05) is 20.3 Å². The van der Waals surface area contributed by atoms with Gasteiger partial charge in [0.1, 0.15) is 0 Å². The smallest absolute Gasteiger partial charge is 0.257 e. The highest BCUT2D eigenvalue weighted by molar-refractivity contribution is 9.10. The van der Waals surface area contributed by atoms with Crippen LogP contribution in [0.4, 0.5) is 0 Å². The first-order valence-corrected chi connectivity index (χ1v) is 7.39. The number of rotatable bonds is 7. The van der Waals surface area contributed by atoms with Crippen molar-refractivity contribution < 1.29 is 14.3 Å². The van der Waals surface area contributed by atoms with Crippen LogP contribution in [0.3, 0.4) is 0 Å². The Hall–Kier alpha value is -1.27. The molecule has 1 fully saturated rings. The van der Waals surface area contributed by atoms with E-state index in [2.05, 4.69) is 21.2 Å². The fraction of sp³-hybridized carbons (Fsp3) is 0.500. The van der Waals surface area contributed by atoms with Gasteiger partial charge in [0.05, 0.1) is 11.6 Å². The molecule has 1 aromatic rings. The highest BCUT2D eigenvalue weighted by Crippen LogP contribution is 2.36. The number of ether oxygens (including phenoxy) is 2. The summed E-state index contributed by atoms with van der Waals surface area (Å²) in [4.78, 5) is 11.7. The van der Waals surface area contributed by atoms with Crippen LogP contribution >= 0.6 is 15.9 Å². The van der Waals surface area contributed by atoms with E-state index in [4.69, 9.17) is 15.2 Å². The average molecular weight is 343 g/mol. The third kappa shape index (κ3) is 4.11. The lowest BCUT2D eigenvalue weighted by Crippen LogP contribution is -2.30. The molecule has 1 amide bonds. The molecule has 0 aromatic heterocycles. The number of carbonyl (C=O) groups is 1. The van der Waals surface area contributed by atoms with Gasteiger partial charge in [-0.3, -0.25) is 4.79 Å². The first-order valence-electron chi connectivity index (χ1n) is 6.60. The molecule has 20 heavy (non-hydrogen) atoms. The molecular formula is C14H19BrN2O3. The van der Waals surface area contributed by atoms with Crippen molar-refractivity contribution in [1.82, 2.24) is 5.32 Å². The molecule has 6 heteroatoms. The van der Waals surface area contributed by atoms with Gasteiger partial charge in [-0.1, -0.05) is 0 Å². The number of nitrogens with two attached hydrogens (primary N) is 1. The normalized spacial score (nSPS) is 13.9. The maximum Gasteiger partial charge on any atom is 0.257 e. The second-order valence-electron chi connectivity index (χ2n) is 4.85. The molecule has 0 unspecified atom stereocenters. The van der Waals surface area contributed by atoms with Crippen molar-refractivity contribution in [3.8, 4) is 11.5 Å². The topological polar surface area (TPSA) is 73.6 Å². The van der Waals surface area contributed by atoms with E-state index < -0.39 is 0 Å². The van der Waals surface area contributed by atoms with Crippen LogP contribution in [0.15, 0.2) is 16.6 Å². The van der Waals surface area contributed by atoms with Gasteiger partial charge >= 0.3 is 0 Å².